The first-order chi connectivity index (χ1) is 14.5. The molecule has 0 bridgehead atoms. The summed E-state index contributed by atoms with van der Waals surface area (Å²) >= 11 is 0. The van der Waals surface area contributed by atoms with Crippen LogP contribution in [0.4, 0.5) is 25.0 Å². The number of rotatable bonds is 7. The number of benzene rings is 1. The predicted octanol–water partition coefficient (Wildman–Crippen LogP) is 1.14. The number of sulfonamides is 1. The lowest BCUT2D eigenvalue weighted by Crippen LogP contribution is -2.48. The molecule has 1 unspecified atom stereocenters. The maximum absolute atomic E-state index is 14.8. The lowest BCUT2D eigenvalue weighted by Gasteiger charge is -2.37. The molecule has 9 nitrogen and oxygen atoms in total. The highest BCUT2D eigenvalue weighted by molar-refractivity contribution is 7.88. The van der Waals surface area contributed by atoms with E-state index < -0.39 is 33.7 Å². The van der Waals surface area contributed by atoms with Crippen molar-refractivity contribution < 1.29 is 31.5 Å². The molecular weight excluding hydrogens is 434 g/mol. The third-order valence-corrected chi connectivity index (χ3v) is 6.02. The number of piperidine rings is 1. The zero-order chi connectivity index (χ0) is 22.8. The zero-order valence-electron chi connectivity index (χ0n) is 17.4. The highest BCUT2D eigenvalue weighted by Crippen LogP contribution is 2.33. The van der Waals surface area contributed by atoms with Gasteiger partial charge in [0, 0.05) is 39.4 Å². The number of cyclic esters (lactones) is 1. The molecule has 0 spiro atoms. The van der Waals surface area contributed by atoms with Crippen molar-refractivity contribution in [2.45, 2.75) is 31.5 Å². The molecule has 0 saturated carbocycles. The minimum absolute atomic E-state index is 0.0555. The van der Waals surface area contributed by atoms with Crippen LogP contribution < -0.4 is 19.8 Å². The maximum Gasteiger partial charge on any atom is 0.414 e. The van der Waals surface area contributed by atoms with Crippen LogP contribution in [-0.2, 0) is 19.6 Å². The summed E-state index contributed by atoms with van der Waals surface area (Å²) < 4.78 is 59.4. The smallest absolute Gasteiger partial charge is 0.414 e. The van der Waals surface area contributed by atoms with Crippen molar-refractivity contribution in [2.75, 3.05) is 48.8 Å². The maximum atomic E-state index is 14.8. The Bertz CT molecular complexity index is 951. The van der Waals surface area contributed by atoms with Crippen LogP contribution in [0.15, 0.2) is 18.2 Å². The monoisotopic (exact) mass is 460 g/mol. The highest BCUT2D eigenvalue weighted by atomic mass is 32.2. The van der Waals surface area contributed by atoms with Gasteiger partial charge in [-0.1, -0.05) is 0 Å². The molecule has 2 amide bonds. The minimum Gasteiger partial charge on any atom is -0.442 e. The second-order valence-corrected chi connectivity index (χ2v) is 9.75. The number of ether oxygens (including phenoxy) is 1. The van der Waals surface area contributed by atoms with Gasteiger partial charge in [-0.3, -0.25) is 9.69 Å². The van der Waals surface area contributed by atoms with Gasteiger partial charge in [0.15, 0.2) is 0 Å². The number of halogens is 2. The van der Waals surface area contributed by atoms with Gasteiger partial charge in [0.1, 0.15) is 17.6 Å². The van der Waals surface area contributed by atoms with Crippen molar-refractivity contribution in [3.63, 3.8) is 0 Å². The van der Waals surface area contributed by atoms with Gasteiger partial charge >= 0.3 is 6.09 Å². The van der Waals surface area contributed by atoms with Gasteiger partial charge in [-0.25, -0.2) is 26.7 Å². The second-order valence-electron chi connectivity index (χ2n) is 7.92. The molecule has 1 atom stereocenters. The lowest BCUT2D eigenvalue weighted by molar-refractivity contribution is -0.119. The molecule has 2 fully saturated rings. The third-order valence-electron chi connectivity index (χ3n) is 5.35. The largest absolute Gasteiger partial charge is 0.442 e. The number of carbonyl (C=O) groups is 2. The van der Waals surface area contributed by atoms with Crippen molar-refractivity contribution in [3.05, 3.63) is 24.0 Å². The standard InChI is InChI=1S/C19H26F2N4O5S/c1-13(26)22-10-15-11-25(18(27)30-15)14-3-4-17(16(20)9-14)24-7-5-19(21,6-8-24)12-23-31(2,28)29/h3-4,9,15,23H,5-8,10-12H2,1-2H3,(H,22,26). The molecule has 3 rings (SSSR count). The van der Waals surface area contributed by atoms with Crippen LogP contribution in [0.3, 0.4) is 0 Å². The highest BCUT2D eigenvalue weighted by Gasteiger charge is 2.36. The molecule has 2 N–H and O–H groups in total. The van der Waals surface area contributed by atoms with Crippen LogP contribution in [0.2, 0.25) is 0 Å². The van der Waals surface area contributed by atoms with Crippen molar-refractivity contribution in [1.29, 1.82) is 0 Å². The molecule has 1 aromatic carbocycles. The van der Waals surface area contributed by atoms with Crippen molar-refractivity contribution >= 4 is 33.4 Å². The van der Waals surface area contributed by atoms with Gasteiger partial charge in [0.25, 0.3) is 0 Å². The SMILES string of the molecule is CC(=O)NCC1CN(c2ccc(N3CCC(F)(CNS(C)(=O)=O)CC3)c(F)c2)C(=O)O1. The van der Waals surface area contributed by atoms with Crippen LogP contribution in [0.25, 0.3) is 0 Å². The van der Waals surface area contributed by atoms with E-state index in [1.165, 1.54) is 24.0 Å². The Balaban J connectivity index is 1.61. The molecule has 2 aliphatic heterocycles. The van der Waals surface area contributed by atoms with E-state index in [9.17, 15) is 26.8 Å². The molecule has 0 radical (unpaired) electrons. The molecule has 1 aromatic rings. The van der Waals surface area contributed by atoms with Gasteiger partial charge in [-0.2, -0.15) is 0 Å². The van der Waals surface area contributed by atoms with Crippen LogP contribution in [-0.4, -0.2) is 71.2 Å². The first-order valence-electron chi connectivity index (χ1n) is 9.86. The number of nitrogens with zero attached hydrogens (tertiary/aromatic N) is 2. The summed E-state index contributed by atoms with van der Waals surface area (Å²) in [5.74, 6) is -0.799. The van der Waals surface area contributed by atoms with Gasteiger partial charge in [0.2, 0.25) is 15.9 Å². The fraction of sp³-hybridized carbons (Fsp3) is 0.579. The van der Waals surface area contributed by atoms with Gasteiger partial charge in [0.05, 0.1) is 30.7 Å². The summed E-state index contributed by atoms with van der Waals surface area (Å²) in [6.45, 7) is 1.85. The summed E-state index contributed by atoms with van der Waals surface area (Å²) in [7, 11) is -3.49. The summed E-state index contributed by atoms with van der Waals surface area (Å²) in [6.07, 6.45) is -0.0684. The molecule has 2 heterocycles. The number of anilines is 2. The average Bonchev–Trinajstić information content (AvgIpc) is 3.06. The number of amides is 2. The minimum atomic E-state index is -3.49. The van der Waals surface area contributed by atoms with E-state index in [-0.39, 0.29) is 57.2 Å². The first kappa shape index (κ1) is 23.2. The summed E-state index contributed by atoms with van der Waals surface area (Å²) in [6, 6.07) is 4.34. The Morgan fingerprint density at radius 2 is 2.00 bits per heavy atom. The quantitative estimate of drug-likeness (QED) is 0.632. The van der Waals surface area contributed by atoms with Crippen molar-refractivity contribution in [2.24, 2.45) is 0 Å². The van der Waals surface area contributed by atoms with E-state index in [4.69, 9.17) is 4.74 Å². The van der Waals surface area contributed by atoms with Crippen LogP contribution in [0.5, 0.6) is 0 Å². The van der Waals surface area contributed by atoms with E-state index >= 15 is 0 Å². The molecule has 172 valence electrons. The van der Waals surface area contributed by atoms with E-state index in [1.54, 1.807) is 11.0 Å². The molecule has 0 aliphatic carbocycles. The Morgan fingerprint density at radius 3 is 2.58 bits per heavy atom. The Morgan fingerprint density at radius 1 is 1.32 bits per heavy atom. The van der Waals surface area contributed by atoms with Gasteiger partial charge in [-0.05, 0) is 18.2 Å². The van der Waals surface area contributed by atoms with Crippen LogP contribution in [0, 0.1) is 5.82 Å². The molecule has 2 saturated heterocycles. The normalized spacial score (nSPS) is 21.2. The van der Waals surface area contributed by atoms with Crippen molar-refractivity contribution in [3.8, 4) is 0 Å². The third kappa shape index (κ3) is 6.03. The number of hydrogen-bond donors (Lipinski definition) is 2. The fourth-order valence-electron chi connectivity index (χ4n) is 3.60. The second kappa shape index (κ2) is 8.95. The Kier molecular flexibility index (Phi) is 6.70. The predicted molar refractivity (Wildman–Crippen MR) is 111 cm³/mol. The Labute approximate surface area is 179 Å². The topological polar surface area (TPSA) is 108 Å². The zero-order valence-corrected chi connectivity index (χ0v) is 18.2. The summed E-state index contributed by atoms with van der Waals surface area (Å²) in [4.78, 5) is 26.1. The van der Waals surface area contributed by atoms with Gasteiger partial charge < -0.3 is 15.0 Å². The molecular formula is C19H26F2N4O5S. The van der Waals surface area contributed by atoms with Crippen LogP contribution >= 0.6 is 0 Å². The number of hydrogen-bond acceptors (Lipinski definition) is 6. The Hall–Kier alpha value is -2.47. The molecule has 12 heteroatoms. The summed E-state index contributed by atoms with van der Waals surface area (Å²) in [5.41, 5.74) is -1.08. The van der Waals surface area contributed by atoms with E-state index in [0.29, 0.717) is 5.69 Å². The number of alkyl halides is 1. The molecule has 2 aliphatic rings. The van der Waals surface area contributed by atoms with Gasteiger partial charge in [-0.15, -0.1) is 0 Å². The fourth-order valence-corrected chi connectivity index (χ4v) is 4.12. The number of carbonyl (C=O) groups excluding carboxylic acids is 2. The van der Waals surface area contributed by atoms with E-state index in [0.717, 1.165) is 6.26 Å². The number of nitrogens with one attached hydrogen (secondary N) is 2. The first-order valence-corrected chi connectivity index (χ1v) is 11.8. The van der Waals surface area contributed by atoms with Crippen LogP contribution in [0.1, 0.15) is 19.8 Å². The summed E-state index contributed by atoms with van der Waals surface area (Å²) in [5, 5.41) is 2.58. The molecule has 0 aromatic heterocycles. The van der Waals surface area contributed by atoms with E-state index in [1.807, 2.05) is 0 Å². The van der Waals surface area contributed by atoms with E-state index in [2.05, 4.69) is 10.0 Å². The molecule has 31 heavy (non-hydrogen) atoms. The average molecular weight is 461 g/mol. The lowest BCUT2D eigenvalue weighted by atomic mass is 9.93. The van der Waals surface area contributed by atoms with Crippen molar-refractivity contribution in [1.82, 2.24) is 10.0 Å².